The minimum atomic E-state index is 0.466. The number of nitrogens with one attached hydrogen (secondary N) is 1. The van der Waals surface area contributed by atoms with Gasteiger partial charge in [0.2, 0.25) is 0 Å². The lowest BCUT2D eigenvalue weighted by Crippen LogP contribution is -2.35. The van der Waals surface area contributed by atoms with Crippen LogP contribution in [0.1, 0.15) is 57.6 Å². The largest absolute Gasteiger partial charge is 0.469 e. The number of furan rings is 1. The van der Waals surface area contributed by atoms with Gasteiger partial charge in [-0.25, -0.2) is 0 Å². The molecule has 0 amide bonds. The lowest BCUT2D eigenvalue weighted by molar-refractivity contribution is 0.146. The Morgan fingerprint density at radius 2 is 2.17 bits per heavy atom. The van der Waals surface area contributed by atoms with Crippen LogP contribution in [0.15, 0.2) is 22.8 Å². The molecule has 100 valence electrons. The molecule has 1 N–H and O–H groups in total. The zero-order chi connectivity index (χ0) is 12.6. The Bertz CT molecular complexity index is 376. The number of hydrogen-bond acceptors (Lipinski definition) is 2. The van der Waals surface area contributed by atoms with Crippen LogP contribution in [0.4, 0.5) is 0 Å². The molecule has 0 spiro atoms. The van der Waals surface area contributed by atoms with E-state index in [1.54, 1.807) is 0 Å². The Morgan fingerprint density at radius 3 is 2.83 bits per heavy atom. The summed E-state index contributed by atoms with van der Waals surface area (Å²) in [6.45, 7) is 5.97. The van der Waals surface area contributed by atoms with E-state index in [0.717, 1.165) is 12.0 Å². The van der Waals surface area contributed by atoms with Crippen molar-refractivity contribution < 1.29 is 4.42 Å². The Morgan fingerprint density at radius 1 is 1.33 bits per heavy atom. The van der Waals surface area contributed by atoms with Crippen molar-refractivity contribution in [3.05, 3.63) is 24.2 Å². The second kappa shape index (κ2) is 4.73. The molecule has 2 fully saturated rings. The van der Waals surface area contributed by atoms with Crippen molar-refractivity contribution in [2.45, 2.75) is 57.9 Å². The Kier molecular flexibility index (Phi) is 3.23. The lowest BCUT2D eigenvalue weighted by Gasteiger charge is -2.40. The fraction of sp³-hybridized carbons (Fsp3) is 0.750. The van der Waals surface area contributed by atoms with E-state index in [4.69, 9.17) is 4.42 Å². The fourth-order valence-electron chi connectivity index (χ4n) is 3.33. The smallest absolute Gasteiger partial charge is 0.107 e. The van der Waals surface area contributed by atoms with E-state index in [-0.39, 0.29) is 0 Å². The predicted octanol–water partition coefficient (Wildman–Crippen LogP) is 3.94. The van der Waals surface area contributed by atoms with Gasteiger partial charge in [0.15, 0.2) is 0 Å². The monoisotopic (exact) mass is 247 g/mol. The molecule has 2 heteroatoms. The van der Waals surface area contributed by atoms with Crippen LogP contribution in [-0.4, -0.2) is 12.6 Å². The summed E-state index contributed by atoms with van der Waals surface area (Å²) in [6, 6.07) is 5.01. The fourth-order valence-corrected chi connectivity index (χ4v) is 3.33. The first-order valence-electron chi connectivity index (χ1n) is 7.41. The van der Waals surface area contributed by atoms with Gasteiger partial charge in [0, 0.05) is 12.0 Å². The Labute approximate surface area is 110 Å². The van der Waals surface area contributed by atoms with E-state index in [2.05, 4.69) is 25.2 Å². The summed E-state index contributed by atoms with van der Waals surface area (Å²) in [4.78, 5) is 0. The molecule has 18 heavy (non-hydrogen) atoms. The standard InChI is InChI=1S/C16H25NO/c1-16(2)8-7-12(11-17-13-5-6-13)14(10-16)15-4-3-9-18-15/h3-4,9,12-14,17H,5-8,10-11H2,1-2H3. The highest BCUT2D eigenvalue weighted by Gasteiger charge is 2.37. The summed E-state index contributed by atoms with van der Waals surface area (Å²) in [7, 11) is 0. The van der Waals surface area contributed by atoms with Gasteiger partial charge < -0.3 is 9.73 Å². The molecule has 0 aliphatic heterocycles. The summed E-state index contributed by atoms with van der Waals surface area (Å²) >= 11 is 0. The highest BCUT2D eigenvalue weighted by molar-refractivity contribution is 5.10. The van der Waals surface area contributed by atoms with Gasteiger partial charge in [0.1, 0.15) is 5.76 Å². The molecule has 0 aromatic carbocycles. The van der Waals surface area contributed by atoms with Gasteiger partial charge in [-0.3, -0.25) is 0 Å². The lowest BCUT2D eigenvalue weighted by atomic mass is 9.66. The van der Waals surface area contributed by atoms with Gasteiger partial charge in [0.05, 0.1) is 6.26 Å². The summed E-state index contributed by atoms with van der Waals surface area (Å²) < 4.78 is 5.69. The quantitative estimate of drug-likeness (QED) is 0.871. The van der Waals surface area contributed by atoms with E-state index in [0.29, 0.717) is 11.3 Å². The van der Waals surface area contributed by atoms with Crippen LogP contribution >= 0.6 is 0 Å². The molecule has 2 saturated carbocycles. The van der Waals surface area contributed by atoms with Crippen molar-refractivity contribution in [3.63, 3.8) is 0 Å². The Balaban J connectivity index is 1.69. The highest BCUT2D eigenvalue weighted by atomic mass is 16.3. The molecule has 3 rings (SSSR count). The van der Waals surface area contributed by atoms with Gasteiger partial charge in [-0.15, -0.1) is 0 Å². The van der Waals surface area contributed by atoms with Gasteiger partial charge >= 0.3 is 0 Å². The zero-order valence-electron chi connectivity index (χ0n) is 11.6. The van der Waals surface area contributed by atoms with E-state index in [1.807, 2.05) is 12.3 Å². The van der Waals surface area contributed by atoms with Gasteiger partial charge in [-0.05, 0) is 62.1 Å². The third kappa shape index (κ3) is 2.80. The molecule has 0 bridgehead atoms. The van der Waals surface area contributed by atoms with Crippen LogP contribution in [0.3, 0.4) is 0 Å². The van der Waals surface area contributed by atoms with Gasteiger partial charge in [-0.2, -0.15) is 0 Å². The molecular formula is C16H25NO. The zero-order valence-corrected chi connectivity index (χ0v) is 11.6. The maximum Gasteiger partial charge on any atom is 0.107 e. The van der Waals surface area contributed by atoms with E-state index in [1.165, 1.54) is 44.4 Å². The van der Waals surface area contributed by atoms with Crippen molar-refractivity contribution in [1.29, 1.82) is 0 Å². The maximum atomic E-state index is 5.69. The minimum absolute atomic E-state index is 0.466. The molecule has 2 atom stereocenters. The third-order valence-corrected chi connectivity index (χ3v) is 4.69. The topological polar surface area (TPSA) is 25.2 Å². The molecule has 2 aliphatic rings. The molecule has 2 aliphatic carbocycles. The molecule has 2 nitrogen and oxygen atoms in total. The van der Waals surface area contributed by atoms with Gasteiger partial charge in [-0.1, -0.05) is 13.8 Å². The van der Waals surface area contributed by atoms with Crippen molar-refractivity contribution in [3.8, 4) is 0 Å². The minimum Gasteiger partial charge on any atom is -0.469 e. The second-order valence-electron chi connectivity index (χ2n) is 6.97. The molecular weight excluding hydrogens is 222 g/mol. The van der Waals surface area contributed by atoms with Crippen molar-refractivity contribution >= 4 is 0 Å². The summed E-state index contributed by atoms with van der Waals surface area (Å²) in [5.41, 5.74) is 0.466. The average Bonchev–Trinajstić information content (AvgIpc) is 3.00. The van der Waals surface area contributed by atoms with Crippen molar-refractivity contribution in [1.82, 2.24) is 5.32 Å². The SMILES string of the molecule is CC1(C)CCC(CNC2CC2)C(c2ccco2)C1. The number of rotatable bonds is 4. The first-order chi connectivity index (χ1) is 8.64. The normalized spacial score (nSPS) is 31.4. The molecule has 1 heterocycles. The third-order valence-electron chi connectivity index (χ3n) is 4.69. The predicted molar refractivity (Wildman–Crippen MR) is 73.6 cm³/mol. The van der Waals surface area contributed by atoms with Crippen LogP contribution in [0.2, 0.25) is 0 Å². The summed E-state index contributed by atoms with van der Waals surface area (Å²) in [6.07, 6.45) is 8.52. The van der Waals surface area contributed by atoms with Crippen LogP contribution < -0.4 is 5.32 Å². The highest BCUT2D eigenvalue weighted by Crippen LogP contribution is 2.46. The summed E-state index contributed by atoms with van der Waals surface area (Å²) in [5.74, 6) is 2.56. The van der Waals surface area contributed by atoms with Crippen molar-refractivity contribution in [2.75, 3.05) is 6.54 Å². The summed E-state index contributed by atoms with van der Waals surface area (Å²) in [5, 5.41) is 3.70. The van der Waals surface area contributed by atoms with E-state index >= 15 is 0 Å². The van der Waals surface area contributed by atoms with Crippen LogP contribution in [0.25, 0.3) is 0 Å². The first kappa shape index (κ1) is 12.3. The van der Waals surface area contributed by atoms with E-state index in [9.17, 15) is 0 Å². The second-order valence-corrected chi connectivity index (χ2v) is 6.97. The first-order valence-corrected chi connectivity index (χ1v) is 7.41. The molecule has 0 saturated heterocycles. The molecule has 1 aromatic heterocycles. The Hall–Kier alpha value is -0.760. The number of hydrogen-bond donors (Lipinski definition) is 1. The molecule has 0 radical (unpaired) electrons. The molecule has 1 aromatic rings. The molecule has 2 unspecified atom stereocenters. The van der Waals surface area contributed by atoms with E-state index < -0.39 is 0 Å². The van der Waals surface area contributed by atoms with Crippen LogP contribution in [0.5, 0.6) is 0 Å². The van der Waals surface area contributed by atoms with Crippen molar-refractivity contribution in [2.24, 2.45) is 11.3 Å². The van der Waals surface area contributed by atoms with Crippen LogP contribution in [-0.2, 0) is 0 Å². The average molecular weight is 247 g/mol. The maximum absolute atomic E-state index is 5.69. The van der Waals surface area contributed by atoms with Gasteiger partial charge in [0.25, 0.3) is 0 Å². The van der Waals surface area contributed by atoms with Crippen LogP contribution in [0, 0.1) is 11.3 Å².